The summed E-state index contributed by atoms with van der Waals surface area (Å²) in [7, 11) is 0. The lowest BCUT2D eigenvalue weighted by atomic mass is 10.1. The van der Waals surface area contributed by atoms with E-state index in [1.165, 1.54) is 6.92 Å². The number of aliphatic hydroxyl groups excluding tert-OH is 1. The first kappa shape index (κ1) is 11.1. The van der Waals surface area contributed by atoms with Crippen molar-refractivity contribution < 1.29 is 9.90 Å². The number of aliphatic hydroxyl groups is 1. The minimum Gasteiger partial charge on any atom is -0.505 e. The predicted octanol–water partition coefficient (Wildman–Crippen LogP) is 2.58. The number of ketones is 1. The van der Waals surface area contributed by atoms with E-state index in [1.807, 2.05) is 6.92 Å². The quantitative estimate of drug-likeness (QED) is 0.468. The standard InChI is InChI=1S/C11H11NO3/c1-7-3-5-9(6-4-7)11(14)10(12-15)8(2)13/h3-6,14H,1-2H3/b11-10+. The third kappa shape index (κ3) is 2.49. The van der Waals surface area contributed by atoms with Gasteiger partial charge >= 0.3 is 0 Å². The fourth-order valence-corrected chi connectivity index (χ4v) is 1.12. The van der Waals surface area contributed by atoms with Crippen LogP contribution in [-0.4, -0.2) is 10.9 Å². The van der Waals surface area contributed by atoms with E-state index in [2.05, 4.69) is 5.18 Å². The van der Waals surface area contributed by atoms with Crippen molar-refractivity contribution in [2.75, 3.05) is 0 Å². The number of hydrogen-bond donors (Lipinski definition) is 1. The minimum atomic E-state index is -0.553. The second-order valence-electron chi connectivity index (χ2n) is 3.21. The Kier molecular flexibility index (Phi) is 3.33. The molecule has 4 heteroatoms. The number of nitroso groups, excluding NO2 is 1. The summed E-state index contributed by atoms with van der Waals surface area (Å²) in [5.74, 6) is -0.930. The molecule has 0 heterocycles. The van der Waals surface area contributed by atoms with Crippen LogP contribution < -0.4 is 0 Å². The molecule has 1 aromatic rings. The molecular weight excluding hydrogens is 194 g/mol. The van der Waals surface area contributed by atoms with Gasteiger partial charge in [-0.3, -0.25) is 4.79 Å². The number of carbonyl (C=O) groups excluding carboxylic acids is 1. The lowest BCUT2D eigenvalue weighted by Crippen LogP contribution is -1.98. The summed E-state index contributed by atoms with van der Waals surface area (Å²) in [6.07, 6.45) is 0. The normalized spacial score (nSPS) is 11.9. The molecule has 0 fully saturated rings. The second kappa shape index (κ2) is 4.50. The van der Waals surface area contributed by atoms with E-state index in [0.29, 0.717) is 5.56 Å². The maximum Gasteiger partial charge on any atom is 0.192 e. The summed E-state index contributed by atoms with van der Waals surface area (Å²) >= 11 is 0. The van der Waals surface area contributed by atoms with Crippen LogP contribution in [0.2, 0.25) is 0 Å². The number of allylic oxidation sites excluding steroid dienone is 1. The molecule has 0 atom stereocenters. The van der Waals surface area contributed by atoms with Crippen LogP contribution >= 0.6 is 0 Å². The Hall–Kier alpha value is -1.97. The zero-order valence-electron chi connectivity index (χ0n) is 8.52. The first-order valence-corrected chi connectivity index (χ1v) is 4.41. The van der Waals surface area contributed by atoms with E-state index >= 15 is 0 Å². The van der Waals surface area contributed by atoms with Crippen molar-refractivity contribution in [1.82, 2.24) is 0 Å². The van der Waals surface area contributed by atoms with Gasteiger partial charge in [0.15, 0.2) is 17.2 Å². The van der Waals surface area contributed by atoms with Gasteiger partial charge in [0.05, 0.1) is 0 Å². The van der Waals surface area contributed by atoms with Crippen LogP contribution in [0.5, 0.6) is 0 Å². The van der Waals surface area contributed by atoms with E-state index in [4.69, 9.17) is 0 Å². The molecule has 0 spiro atoms. The SMILES string of the molecule is CC(=O)/C(N=O)=C(\O)c1ccc(C)cc1. The minimum absolute atomic E-state index is 0.377. The zero-order chi connectivity index (χ0) is 11.4. The van der Waals surface area contributed by atoms with Crippen molar-refractivity contribution in [2.45, 2.75) is 13.8 Å². The van der Waals surface area contributed by atoms with Gasteiger partial charge in [-0.15, -0.1) is 4.91 Å². The molecule has 1 aromatic carbocycles. The monoisotopic (exact) mass is 205 g/mol. The molecule has 0 unspecified atom stereocenters. The van der Waals surface area contributed by atoms with E-state index < -0.39 is 11.5 Å². The molecular formula is C11H11NO3. The van der Waals surface area contributed by atoms with Gasteiger partial charge in [0.25, 0.3) is 0 Å². The van der Waals surface area contributed by atoms with Crippen LogP contribution in [0, 0.1) is 11.8 Å². The zero-order valence-corrected chi connectivity index (χ0v) is 8.52. The first-order chi connectivity index (χ1) is 7.06. The van der Waals surface area contributed by atoms with E-state index in [-0.39, 0.29) is 5.76 Å². The van der Waals surface area contributed by atoms with Crippen LogP contribution in [0.1, 0.15) is 18.1 Å². The predicted molar refractivity (Wildman–Crippen MR) is 57.2 cm³/mol. The molecule has 0 radical (unpaired) electrons. The average molecular weight is 205 g/mol. The number of rotatable bonds is 3. The van der Waals surface area contributed by atoms with Crippen molar-refractivity contribution in [2.24, 2.45) is 5.18 Å². The van der Waals surface area contributed by atoms with Gasteiger partial charge in [0.1, 0.15) is 0 Å². The van der Waals surface area contributed by atoms with Crippen molar-refractivity contribution in [3.8, 4) is 0 Å². The lowest BCUT2D eigenvalue weighted by Gasteiger charge is -2.02. The molecule has 0 aliphatic heterocycles. The Morgan fingerprint density at radius 2 is 1.80 bits per heavy atom. The van der Waals surface area contributed by atoms with E-state index in [0.717, 1.165) is 5.56 Å². The summed E-state index contributed by atoms with van der Waals surface area (Å²) in [4.78, 5) is 21.3. The van der Waals surface area contributed by atoms with Gasteiger partial charge in [-0.05, 0) is 12.1 Å². The third-order valence-corrected chi connectivity index (χ3v) is 1.97. The summed E-state index contributed by atoms with van der Waals surface area (Å²) < 4.78 is 0. The van der Waals surface area contributed by atoms with E-state index in [9.17, 15) is 14.8 Å². The molecule has 78 valence electrons. The fraction of sp³-hybridized carbons (Fsp3) is 0.182. The Morgan fingerprint density at radius 1 is 1.27 bits per heavy atom. The molecule has 0 aliphatic rings. The summed E-state index contributed by atoms with van der Waals surface area (Å²) in [5, 5.41) is 12.1. The van der Waals surface area contributed by atoms with Gasteiger partial charge in [0, 0.05) is 12.5 Å². The molecule has 15 heavy (non-hydrogen) atoms. The fourth-order valence-electron chi connectivity index (χ4n) is 1.12. The molecule has 0 aliphatic carbocycles. The van der Waals surface area contributed by atoms with Crippen LogP contribution in [0.3, 0.4) is 0 Å². The molecule has 0 bridgehead atoms. The number of hydrogen-bond acceptors (Lipinski definition) is 4. The number of aryl methyl sites for hydroxylation is 1. The highest BCUT2D eigenvalue weighted by Crippen LogP contribution is 2.17. The van der Waals surface area contributed by atoms with Gasteiger partial charge in [-0.25, -0.2) is 0 Å². The second-order valence-corrected chi connectivity index (χ2v) is 3.21. The van der Waals surface area contributed by atoms with Gasteiger partial charge in [-0.1, -0.05) is 29.8 Å². The average Bonchev–Trinajstić information content (AvgIpc) is 2.19. The van der Waals surface area contributed by atoms with Crippen LogP contribution in [0.4, 0.5) is 0 Å². The van der Waals surface area contributed by atoms with E-state index in [1.54, 1.807) is 24.3 Å². The number of nitrogens with zero attached hydrogens (tertiary/aromatic N) is 1. The maximum atomic E-state index is 10.9. The summed E-state index contributed by atoms with van der Waals surface area (Å²) in [6.45, 7) is 3.08. The van der Waals surface area contributed by atoms with Crippen molar-refractivity contribution >= 4 is 11.5 Å². The number of benzene rings is 1. The first-order valence-electron chi connectivity index (χ1n) is 4.41. The molecule has 4 nitrogen and oxygen atoms in total. The molecule has 0 saturated heterocycles. The lowest BCUT2D eigenvalue weighted by molar-refractivity contribution is -0.113. The highest BCUT2D eigenvalue weighted by Gasteiger charge is 2.13. The Bertz CT molecular complexity index is 418. The molecule has 0 amide bonds. The van der Waals surface area contributed by atoms with Gasteiger partial charge < -0.3 is 5.11 Å². The van der Waals surface area contributed by atoms with Gasteiger partial charge in [-0.2, -0.15) is 0 Å². The van der Waals surface area contributed by atoms with Crippen LogP contribution in [0.15, 0.2) is 35.1 Å². The maximum absolute atomic E-state index is 10.9. The smallest absolute Gasteiger partial charge is 0.192 e. The Balaban J connectivity index is 3.22. The number of carbonyl (C=O) groups is 1. The Labute approximate surface area is 87.2 Å². The topological polar surface area (TPSA) is 66.7 Å². The van der Waals surface area contributed by atoms with Crippen molar-refractivity contribution in [3.63, 3.8) is 0 Å². The Morgan fingerprint density at radius 3 is 2.20 bits per heavy atom. The number of Topliss-reactive ketones (excluding diaryl/α,β-unsaturated/α-hetero) is 1. The molecule has 0 saturated carbocycles. The third-order valence-electron chi connectivity index (χ3n) is 1.97. The highest BCUT2D eigenvalue weighted by atomic mass is 16.3. The van der Waals surface area contributed by atoms with Crippen molar-refractivity contribution in [1.29, 1.82) is 0 Å². The highest BCUT2D eigenvalue weighted by molar-refractivity contribution is 5.99. The largest absolute Gasteiger partial charge is 0.505 e. The van der Waals surface area contributed by atoms with Crippen LogP contribution in [-0.2, 0) is 4.79 Å². The summed E-state index contributed by atoms with van der Waals surface area (Å²) in [6, 6.07) is 6.79. The molecule has 1 N–H and O–H groups in total. The van der Waals surface area contributed by atoms with Crippen molar-refractivity contribution in [3.05, 3.63) is 46.0 Å². The summed E-state index contributed by atoms with van der Waals surface area (Å²) in [5.41, 5.74) is 0.985. The molecule has 1 rings (SSSR count). The van der Waals surface area contributed by atoms with Gasteiger partial charge in [0.2, 0.25) is 0 Å². The molecule has 0 aromatic heterocycles. The van der Waals surface area contributed by atoms with Crippen LogP contribution in [0.25, 0.3) is 5.76 Å².